The van der Waals surface area contributed by atoms with Crippen LogP contribution in [0.4, 0.5) is 10.5 Å². The van der Waals surface area contributed by atoms with E-state index in [0.717, 1.165) is 22.2 Å². The number of amides is 3. The summed E-state index contributed by atoms with van der Waals surface area (Å²) in [4.78, 5) is 39.1. The van der Waals surface area contributed by atoms with Crippen molar-refractivity contribution >= 4 is 52.2 Å². The van der Waals surface area contributed by atoms with Gasteiger partial charge in [0.2, 0.25) is 0 Å². The van der Waals surface area contributed by atoms with E-state index in [2.05, 4.69) is 5.32 Å². The number of rotatable bonds is 9. The predicted molar refractivity (Wildman–Crippen MR) is 141 cm³/mol. The smallest absolute Gasteiger partial charge is 0.293 e. The summed E-state index contributed by atoms with van der Waals surface area (Å²) in [7, 11) is 0. The van der Waals surface area contributed by atoms with Crippen molar-refractivity contribution in [3.8, 4) is 11.5 Å². The fraction of sp³-hybridized carbons (Fsp3) is 0.148. The van der Waals surface area contributed by atoms with Gasteiger partial charge < -0.3 is 14.8 Å². The molecule has 3 amide bonds. The lowest BCUT2D eigenvalue weighted by Crippen LogP contribution is -2.32. The minimum absolute atomic E-state index is 0.120. The molecule has 1 heterocycles. The number of anilines is 1. The molecule has 184 valence electrons. The molecule has 1 saturated heterocycles. The Labute approximate surface area is 218 Å². The number of carbonyl (C=O) groups excluding carboxylic acids is 3. The number of carbonyl (C=O) groups is 3. The van der Waals surface area contributed by atoms with Crippen molar-refractivity contribution in [1.82, 2.24) is 4.90 Å². The van der Waals surface area contributed by atoms with E-state index in [9.17, 15) is 14.4 Å². The molecule has 0 radical (unpaired) electrons. The molecule has 0 spiro atoms. The van der Waals surface area contributed by atoms with Crippen LogP contribution in [0.1, 0.15) is 11.1 Å². The van der Waals surface area contributed by atoms with Crippen LogP contribution in [-0.2, 0) is 9.59 Å². The zero-order valence-corrected chi connectivity index (χ0v) is 21.0. The van der Waals surface area contributed by atoms with Crippen LogP contribution in [0.2, 0.25) is 5.02 Å². The van der Waals surface area contributed by atoms with Crippen LogP contribution in [0.3, 0.4) is 0 Å². The minimum Gasteiger partial charge on any atom is -0.492 e. The van der Waals surface area contributed by atoms with E-state index in [4.69, 9.17) is 21.1 Å². The molecule has 3 aromatic rings. The maximum atomic E-state index is 12.9. The maximum Gasteiger partial charge on any atom is 0.293 e. The van der Waals surface area contributed by atoms with Gasteiger partial charge in [0.1, 0.15) is 18.1 Å². The average Bonchev–Trinajstić information content (AvgIpc) is 3.11. The first-order valence-electron chi connectivity index (χ1n) is 11.1. The lowest BCUT2D eigenvalue weighted by Gasteiger charge is -2.13. The highest BCUT2D eigenvalue weighted by Crippen LogP contribution is 2.34. The molecule has 3 aromatic carbocycles. The van der Waals surface area contributed by atoms with Gasteiger partial charge in [0.25, 0.3) is 17.1 Å². The molecule has 4 rings (SSSR count). The molecule has 0 aromatic heterocycles. The summed E-state index contributed by atoms with van der Waals surface area (Å²) in [6.07, 6.45) is 1.54. The second kappa shape index (κ2) is 11.8. The van der Waals surface area contributed by atoms with Crippen molar-refractivity contribution in [2.24, 2.45) is 0 Å². The van der Waals surface area contributed by atoms with Gasteiger partial charge in [-0.15, -0.1) is 0 Å². The third-order valence-electron chi connectivity index (χ3n) is 5.12. The monoisotopic (exact) mass is 522 g/mol. The number of hydrogen-bond donors (Lipinski definition) is 1. The van der Waals surface area contributed by atoms with Gasteiger partial charge in [-0.25, -0.2) is 0 Å². The van der Waals surface area contributed by atoms with Crippen molar-refractivity contribution in [3.05, 3.63) is 93.9 Å². The molecule has 9 heteroatoms. The first kappa shape index (κ1) is 25.3. The number of halogens is 1. The SMILES string of the molecule is Cc1cccc(NC(=O)COc2ccc(Cl)cc2/C=C2\SC(=O)N(CCOc3ccccc3)C2=O)c1. The van der Waals surface area contributed by atoms with E-state index in [1.165, 1.54) is 0 Å². The van der Waals surface area contributed by atoms with E-state index in [0.29, 0.717) is 27.8 Å². The number of nitrogens with one attached hydrogen (secondary N) is 1. The van der Waals surface area contributed by atoms with Crippen molar-refractivity contribution < 1.29 is 23.9 Å². The number of hydrogen-bond acceptors (Lipinski definition) is 6. The molecule has 0 saturated carbocycles. The topological polar surface area (TPSA) is 84.9 Å². The van der Waals surface area contributed by atoms with Crippen LogP contribution < -0.4 is 14.8 Å². The number of aryl methyl sites for hydroxylation is 1. The number of benzene rings is 3. The highest BCUT2D eigenvalue weighted by molar-refractivity contribution is 8.18. The molecule has 1 N–H and O–H groups in total. The second-order valence-corrected chi connectivity index (χ2v) is 9.31. The van der Waals surface area contributed by atoms with E-state index >= 15 is 0 Å². The van der Waals surface area contributed by atoms with Gasteiger partial charge in [0.15, 0.2) is 6.61 Å². The number of imide groups is 1. The molecule has 7 nitrogen and oxygen atoms in total. The lowest BCUT2D eigenvalue weighted by molar-refractivity contribution is -0.123. The van der Waals surface area contributed by atoms with Crippen LogP contribution in [0.25, 0.3) is 6.08 Å². The molecular formula is C27H23ClN2O5S. The van der Waals surface area contributed by atoms with E-state index < -0.39 is 5.91 Å². The summed E-state index contributed by atoms with van der Waals surface area (Å²) < 4.78 is 11.3. The third-order valence-corrected chi connectivity index (χ3v) is 6.26. The summed E-state index contributed by atoms with van der Waals surface area (Å²) in [5.74, 6) is 0.259. The zero-order chi connectivity index (χ0) is 25.5. The van der Waals surface area contributed by atoms with Crippen LogP contribution in [0.15, 0.2) is 77.7 Å². The van der Waals surface area contributed by atoms with E-state index in [1.54, 1.807) is 42.5 Å². The Hall–Kier alpha value is -3.75. The summed E-state index contributed by atoms with van der Waals surface area (Å²) in [6.45, 7) is 1.99. The Bertz CT molecular complexity index is 1310. The lowest BCUT2D eigenvalue weighted by atomic mass is 10.2. The number of nitrogens with zero attached hydrogens (tertiary/aromatic N) is 1. The number of thioether (sulfide) groups is 1. The van der Waals surface area contributed by atoms with E-state index in [1.807, 2.05) is 43.3 Å². The molecule has 0 bridgehead atoms. The molecule has 1 aliphatic rings. The Morgan fingerprint density at radius 2 is 1.83 bits per heavy atom. The molecule has 36 heavy (non-hydrogen) atoms. The van der Waals surface area contributed by atoms with Crippen molar-refractivity contribution in [3.63, 3.8) is 0 Å². The average molecular weight is 523 g/mol. The third kappa shape index (κ3) is 6.68. The fourth-order valence-electron chi connectivity index (χ4n) is 3.43. The normalized spacial score (nSPS) is 14.3. The van der Waals surface area contributed by atoms with Crippen LogP contribution in [-0.4, -0.2) is 41.7 Å². The van der Waals surface area contributed by atoms with E-state index in [-0.39, 0.29) is 35.8 Å². The standard InChI is InChI=1S/C27H23ClN2O5S/c1-18-6-5-7-21(14-18)29-25(31)17-35-23-11-10-20(28)15-19(23)16-24-26(32)30(27(33)36-24)12-13-34-22-8-3-2-4-9-22/h2-11,14-16H,12-13,17H2,1H3,(H,29,31)/b24-16-. The highest BCUT2D eigenvalue weighted by Gasteiger charge is 2.35. The van der Waals surface area contributed by atoms with Gasteiger partial charge in [0, 0.05) is 16.3 Å². The fourth-order valence-corrected chi connectivity index (χ4v) is 4.47. The Morgan fingerprint density at radius 1 is 1.03 bits per heavy atom. The Kier molecular flexibility index (Phi) is 8.30. The minimum atomic E-state index is -0.426. The molecule has 0 atom stereocenters. The molecule has 0 unspecified atom stereocenters. The molecular weight excluding hydrogens is 500 g/mol. The summed E-state index contributed by atoms with van der Waals surface area (Å²) >= 11 is 6.99. The van der Waals surface area contributed by atoms with Gasteiger partial charge in [0.05, 0.1) is 11.4 Å². The maximum absolute atomic E-state index is 12.9. The van der Waals surface area contributed by atoms with Gasteiger partial charge >= 0.3 is 0 Å². The Morgan fingerprint density at radius 3 is 2.61 bits per heavy atom. The quantitative estimate of drug-likeness (QED) is 0.358. The Balaban J connectivity index is 1.40. The number of para-hydroxylation sites is 1. The summed E-state index contributed by atoms with van der Waals surface area (Å²) in [6, 6.07) is 21.4. The van der Waals surface area contributed by atoms with Gasteiger partial charge in [-0.1, -0.05) is 41.9 Å². The van der Waals surface area contributed by atoms with Crippen LogP contribution in [0, 0.1) is 6.92 Å². The first-order chi connectivity index (χ1) is 17.4. The van der Waals surface area contributed by atoms with Gasteiger partial charge in [-0.2, -0.15) is 0 Å². The summed E-state index contributed by atoms with van der Waals surface area (Å²) in [5, 5.41) is 2.82. The van der Waals surface area contributed by atoms with Crippen LogP contribution in [0.5, 0.6) is 11.5 Å². The largest absolute Gasteiger partial charge is 0.492 e. The second-order valence-electron chi connectivity index (χ2n) is 7.88. The predicted octanol–water partition coefficient (Wildman–Crippen LogP) is 5.78. The first-order valence-corrected chi connectivity index (χ1v) is 12.3. The van der Waals surface area contributed by atoms with Gasteiger partial charge in [-0.05, 0) is 72.8 Å². The van der Waals surface area contributed by atoms with Gasteiger partial charge in [-0.3, -0.25) is 19.3 Å². The van der Waals surface area contributed by atoms with Crippen LogP contribution >= 0.6 is 23.4 Å². The number of ether oxygens (including phenoxy) is 2. The van der Waals surface area contributed by atoms with Crippen molar-refractivity contribution in [2.45, 2.75) is 6.92 Å². The summed E-state index contributed by atoms with van der Waals surface area (Å²) in [5.41, 5.74) is 2.18. The zero-order valence-electron chi connectivity index (χ0n) is 19.4. The highest BCUT2D eigenvalue weighted by atomic mass is 35.5. The van der Waals surface area contributed by atoms with Crippen molar-refractivity contribution in [1.29, 1.82) is 0 Å². The molecule has 0 aliphatic carbocycles. The molecule has 1 fully saturated rings. The van der Waals surface area contributed by atoms with Crippen molar-refractivity contribution in [2.75, 3.05) is 25.1 Å². The molecule has 1 aliphatic heterocycles.